The molecule has 0 aromatic heterocycles. The second-order valence-corrected chi connectivity index (χ2v) is 8.72. The predicted octanol–water partition coefficient (Wildman–Crippen LogP) is 5.38. The van der Waals surface area contributed by atoms with Crippen molar-refractivity contribution in [3.05, 3.63) is 97.3 Å². The predicted molar refractivity (Wildman–Crippen MR) is 121 cm³/mol. The Morgan fingerprint density at radius 2 is 1.83 bits per heavy atom. The summed E-state index contributed by atoms with van der Waals surface area (Å²) >= 11 is 5.59. The van der Waals surface area contributed by atoms with Gasteiger partial charge in [-0.15, -0.1) is 0 Å². The molecule has 1 aliphatic heterocycles. The van der Waals surface area contributed by atoms with Gasteiger partial charge in [0.05, 0.1) is 11.6 Å². The smallest absolute Gasteiger partial charge is 0.256 e. The van der Waals surface area contributed by atoms with Gasteiger partial charge in [0.1, 0.15) is 12.4 Å². The molecule has 0 saturated carbocycles. The van der Waals surface area contributed by atoms with Crippen molar-refractivity contribution in [3.63, 3.8) is 0 Å². The Labute approximate surface area is 189 Å². The van der Waals surface area contributed by atoms with Crippen LogP contribution in [0.15, 0.2) is 71.2 Å². The molecule has 0 spiro atoms. The Morgan fingerprint density at radius 1 is 1.10 bits per heavy atom. The van der Waals surface area contributed by atoms with Crippen molar-refractivity contribution in [1.82, 2.24) is 4.90 Å². The fourth-order valence-electron chi connectivity index (χ4n) is 3.46. The van der Waals surface area contributed by atoms with Crippen molar-refractivity contribution < 1.29 is 14.0 Å². The quantitative estimate of drug-likeness (QED) is 0.425. The van der Waals surface area contributed by atoms with Crippen LogP contribution in [0.3, 0.4) is 0 Å². The van der Waals surface area contributed by atoms with Crippen molar-refractivity contribution in [3.8, 4) is 0 Å². The largest absolute Gasteiger partial charge is 0.324 e. The van der Waals surface area contributed by atoms with Crippen LogP contribution < -0.4 is 5.32 Å². The molecule has 1 N–H and O–H groups in total. The van der Waals surface area contributed by atoms with E-state index in [1.807, 2.05) is 24.3 Å². The Bertz CT molecular complexity index is 1100. The van der Waals surface area contributed by atoms with E-state index in [-0.39, 0.29) is 24.2 Å². The van der Waals surface area contributed by atoms with Gasteiger partial charge in [0.2, 0.25) is 5.91 Å². The zero-order chi connectivity index (χ0) is 20.5. The van der Waals surface area contributed by atoms with E-state index in [4.69, 9.17) is 0 Å². The zero-order valence-electron chi connectivity index (χ0n) is 15.0. The first-order valence-corrected chi connectivity index (χ1v) is 10.7. The molecular formula is C22H15BrFIN2O2. The van der Waals surface area contributed by atoms with Crippen LogP contribution in [0.1, 0.15) is 27.5 Å². The van der Waals surface area contributed by atoms with Gasteiger partial charge >= 0.3 is 0 Å². The molecule has 1 aliphatic rings. The minimum Gasteiger partial charge on any atom is -0.324 e. The van der Waals surface area contributed by atoms with E-state index in [1.165, 1.54) is 12.1 Å². The van der Waals surface area contributed by atoms with E-state index in [9.17, 15) is 14.0 Å². The first kappa shape index (κ1) is 20.0. The van der Waals surface area contributed by atoms with Gasteiger partial charge in [0, 0.05) is 19.3 Å². The van der Waals surface area contributed by atoms with Crippen LogP contribution in [0.2, 0.25) is 0 Å². The number of carbonyl (C=O) groups is 2. The molecule has 4 rings (SSSR count). The molecule has 0 saturated heterocycles. The number of hydrogen-bond donors (Lipinski definition) is 1. The highest BCUT2D eigenvalue weighted by molar-refractivity contribution is 14.1. The summed E-state index contributed by atoms with van der Waals surface area (Å²) in [5.74, 6) is -0.897. The molecule has 3 aromatic carbocycles. The molecule has 2 amide bonds. The summed E-state index contributed by atoms with van der Waals surface area (Å²) in [5, 5.41) is 2.88. The van der Waals surface area contributed by atoms with Crippen molar-refractivity contribution >= 4 is 56.0 Å². The Kier molecular flexibility index (Phi) is 5.69. The second kappa shape index (κ2) is 8.23. The van der Waals surface area contributed by atoms with Gasteiger partial charge in [0.15, 0.2) is 0 Å². The Balaban J connectivity index is 1.91. The number of fused-ring (bicyclic) bond motifs is 1. The maximum Gasteiger partial charge on any atom is 0.256 e. The third-order valence-corrected chi connectivity index (χ3v) is 6.19. The molecule has 3 aromatic rings. The number of nitrogens with zero attached hydrogens (tertiary/aromatic N) is 1. The zero-order valence-corrected chi connectivity index (χ0v) is 18.8. The maximum atomic E-state index is 13.6. The number of rotatable bonds is 2. The fourth-order valence-corrected chi connectivity index (χ4v) is 4.46. The molecule has 1 atom stereocenters. The second-order valence-electron chi connectivity index (χ2n) is 6.65. The maximum absolute atomic E-state index is 13.6. The van der Waals surface area contributed by atoms with Crippen LogP contribution in [-0.2, 0) is 4.79 Å². The summed E-state index contributed by atoms with van der Waals surface area (Å²) < 4.78 is 15.2. The Morgan fingerprint density at radius 3 is 2.55 bits per heavy atom. The van der Waals surface area contributed by atoms with E-state index >= 15 is 0 Å². The van der Waals surface area contributed by atoms with Crippen molar-refractivity contribution in [2.45, 2.75) is 6.04 Å². The highest BCUT2D eigenvalue weighted by atomic mass is 127. The van der Waals surface area contributed by atoms with Crippen molar-refractivity contribution in [1.29, 1.82) is 0 Å². The summed E-state index contributed by atoms with van der Waals surface area (Å²) in [6.45, 7) is -0.113. The van der Waals surface area contributed by atoms with Gasteiger partial charge in [-0.1, -0.05) is 40.2 Å². The summed E-state index contributed by atoms with van der Waals surface area (Å²) in [7, 11) is 0. The average Bonchev–Trinajstić information content (AvgIpc) is 2.84. The summed E-state index contributed by atoms with van der Waals surface area (Å²) in [6, 6.07) is 18.2. The molecule has 1 unspecified atom stereocenters. The Hall–Kier alpha value is -2.26. The summed E-state index contributed by atoms with van der Waals surface area (Å²) in [4.78, 5) is 27.7. The summed E-state index contributed by atoms with van der Waals surface area (Å²) in [6.07, 6.45) is 0. The highest BCUT2D eigenvalue weighted by Crippen LogP contribution is 2.38. The van der Waals surface area contributed by atoms with E-state index < -0.39 is 6.04 Å². The molecule has 0 radical (unpaired) electrons. The molecular weight excluding hydrogens is 550 g/mol. The van der Waals surface area contributed by atoms with Gasteiger partial charge in [-0.2, -0.15) is 0 Å². The standard InChI is InChI=1S/C22H15BrFIN2O2/c23-14-7-10-19-17(11-14)21(13-5-8-15(24)9-6-13)27(12-20(28)26-19)22(29)16-3-1-2-4-18(16)25/h1-11,21H,12H2,(H,26,28). The number of nitrogens with one attached hydrogen (secondary N) is 1. The molecule has 146 valence electrons. The highest BCUT2D eigenvalue weighted by Gasteiger charge is 2.34. The topological polar surface area (TPSA) is 49.4 Å². The van der Waals surface area contributed by atoms with Gasteiger partial charge in [-0.05, 0) is 70.6 Å². The van der Waals surface area contributed by atoms with Gasteiger partial charge < -0.3 is 10.2 Å². The van der Waals surface area contributed by atoms with E-state index in [0.717, 1.165) is 19.2 Å². The molecule has 1 heterocycles. The first-order valence-electron chi connectivity index (χ1n) is 8.84. The van der Waals surface area contributed by atoms with Crippen LogP contribution in [-0.4, -0.2) is 23.3 Å². The van der Waals surface area contributed by atoms with Crippen LogP contribution in [0.25, 0.3) is 0 Å². The third kappa shape index (κ3) is 4.06. The van der Waals surface area contributed by atoms with Crippen LogP contribution in [0, 0.1) is 9.39 Å². The number of hydrogen-bond acceptors (Lipinski definition) is 2. The number of carbonyl (C=O) groups excluding carboxylic acids is 2. The van der Waals surface area contributed by atoms with Gasteiger partial charge in [-0.25, -0.2) is 4.39 Å². The van der Waals surface area contributed by atoms with Crippen molar-refractivity contribution in [2.75, 3.05) is 11.9 Å². The lowest BCUT2D eigenvalue weighted by atomic mass is 9.95. The lowest BCUT2D eigenvalue weighted by molar-refractivity contribution is -0.117. The van der Waals surface area contributed by atoms with E-state index in [0.29, 0.717) is 11.3 Å². The number of benzene rings is 3. The van der Waals surface area contributed by atoms with Gasteiger partial charge in [0.25, 0.3) is 5.91 Å². The van der Waals surface area contributed by atoms with Crippen molar-refractivity contribution in [2.24, 2.45) is 0 Å². The molecule has 4 nitrogen and oxygen atoms in total. The van der Waals surface area contributed by atoms with E-state index in [2.05, 4.69) is 43.8 Å². The van der Waals surface area contributed by atoms with Crippen LogP contribution in [0.4, 0.5) is 10.1 Å². The minimum absolute atomic E-state index is 0.113. The molecule has 0 bridgehead atoms. The first-order chi connectivity index (χ1) is 13.9. The molecule has 0 fully saturated rings. The summed E-state index contributed by atoms with van der Waals surface area (Å²) in [5.41, 5.74) is 2.63. The van der Waals surface area contributed by atoms with Gasteiger partial charge in [-0.3, -0.25) is 9.59 Å². The molecule has 7 heteroatoms. The third-order valence-electron chi connectivity index (χ3n) is 4.76. The number of halogens is 3. The molecule has 29 heavy (non-hydrogen) atoms. The van der Waals surface area contributed by atoms with E-state index in [1.54, 1.807) is 35.2 Å². The SMILES string of the molecule is O=C1CN(C(=O)c2ccccc2I)C(c2ccc(F)cc2)c2cc(Br)ccc2N1. The minimum atomic E-state index is -0.550. The average molecular weight is 565 g/mol. The monoisotopic (exact) mass is 564 g/mol. The van der Waals surface area contributed by atoms with Crippen LogP contribution >= 0.6 is 38.5 Å². The number of anilines is 1. The van der Waals surface area contributed by atoms with Crippen LogP contribution in [0.5, 0.6) is 0 Å². The lowest BCUT2D eigenvalue weighted by Crippen LogP contribution is -2.39. The lowest BCUT2D eigenvalue weighted by Gasteiger charge is -2.31. The molecule has 0 aliphatic carbocycles. The fraction of sp³-hybridized carbons (Fsp3) is 0.0909. The normalized spacial score (nSPS) is 16.0. The number of amides is 2.